The number of primary amides is 1. The quantitative estimate of drug-likeness (QED) is 0.612. The van der Waals surface area contributed by atoms with Crippen LogP contribution in [0.4, 0.5) is 4.39 Å². The van der Waals surface area contributed by atoms with Crippen LogP contribution in [0.5, 0.6) is 0 Å². The van der Waals surface area contributed by atoms with Gasteiger partial charge in [-0.25, -0.2) is 4.39 Å². The molecule has 1 aromatic carbocycles. The monoisotopic (exact) mass is 226 g/mol. The standard InChI is InChI=1S/C11H15FN2O2/c12-9-4-2-1-3-8(9)10(15)7-14-6-5-11(13)16/h1-4,10,14-15H,5-7H2,(H2,13,16). The first-order valence-corrected chi connectivity index (χ1v) is 5.02. The second-order valence-electron chi connectivity index (χ2n) is 3.46. The van der Waals surface area contributed by atoms with Gasteiger partial charge in [0, 0.05) is 25.1 Å². The van der Waals surface area contributed by atoms with Crippen molar-refractivity contribution in [3.8, 4) is 0 Å². The molecule has 1 aromatic rings. The molecule has 0 aromatic heterocycles. The molecule has 4 nitrogen and oxygen atoms in total. The lowest BCUT2D eigenvalue weighted by Crippen LogP contribution is -2.26. The number of nitrogens with one attached hydrogen (secondary N) is 1. The average Bonchev–Trinajstić information content (AvgIpc) is 2.24. The van der Waals surface area contributed by atoms with Gasteiger partial charge >= 0.3 is 0 Å². The molecule has 88 valence electrons. The molecule has 16 heavy (non-hydrogen) atoms. The molecule has 0 saturated carbocycles. The maximum absolute atomic E-state index is 13.2. The molecule has 0 aliphatic heterocycles. The fourth-order valence-corrected chi connectivity index (χ4v) is 1.31. The van der Waals surface area contributed by atoms with Gasteiger partial charge in [0.05, 0.1) is 6.10 Å². The summed E-state index contributed by atoms with van der Waals surface area (Å²) in [5, 5.41) is 12.5. The third kappa shape index (κ3) is 3.96. The molecule has 0 heterocycles. The van der Waals surface area contributed by atoms with E-state index in [1.165, 1.54) is 12.1 Å². The topological polar surface area (TPSA) is 75.4 Å². The van der Waals surface area contributed by atoms with Crippen molar-refractivity contribution in [1.82, 2.24) is 5.32 Å². The summed E-state index contributed by atoms with van der Waals surface area (Å²) in [6.45, 7) is 0.565. The number of carbonyl (C=O) groups excluding carboxylic acids is 1. The van der Waals surface area contributed by atoms with Gasteiger partial charge in [-0.2, -0.15) is 0 Å². The van der Waals surface area contributed by atoms with Crippen LogP contribution in [0.2, 0.25) is 0 Å². The van der Waals surface area contributed by atoms with Crippen LogP contribution in [0.15, 0.2) is 24.3 Å². The zero-order chi connectivity index (χ0) is 12.0. The van der Waals surface area contributed by atoms with Crippen molar-refractivity contribution in [1.29, 1.82) is 0 Å². The van der Waals surface area contributed by atoms with Crippen molar-refractivity contribution < 1.29 is 14.3 Å². The minimum absolute atomic E-state index is 0.189. The Morgan fingerprint density at radius 2 is 2.19 bits per heavy atom. The van der Waals surface area contributed by atoms with Gasteiger partial charge in [0.15, 0.2) is 0 Å². The Morgan fingerprint density at radius 3 is 2.81 bits per heavy atom. The van der Waals surface area contributed by atoms with Crippen LogP contribution in [-0.4, -0.2) is 24.1 Å². The third-order valence-electron chi connectivity index (χ3n) is 2.15. The number of nitrogens with two attached hydrogens (primary N) is 1. The molecule has 1 amide bonds. The number of aliphatic hydroxyl groups excluding tert-OH is 1. The Hall–Kier alpha value is -1.46. The third-order valence-corrected chi connectivity index (χ3v) is 2.15. The molecule has 0 aliphatic rings. The van der Waals surface area contributed by atoms with Crippen LogP contribution in [0.25, 0.3) is 0 Å². The van der Waals surface area contributed by atoms with Crippen molar-refractivity contribution in [2.75, 3.05) is 13.1 Å². The molecule has 1 unspecified atom stereocenters. The molecule has 1 rings (SSSR count). The first-order valence-electron chi connectivity index (χ1n) is 5.02. The van der Waals surface area contributed by atoms with E-state index in [9.17, 15) is 14.3 Å². The van der Waals surface area contributed by atoms with E-state index >= 15 is 0 Å². The lowest BCUT2D eigenvalue weighted by Gasteiger charge is -2.12. The van der Waals surface area contributed by atoms with Gasteiger partial charge in [0.1, 0.15) is 5.82 Å². The lowest BCUT2D eigenvalue weighted by molar-refractivity contribution is -0.117. The second kappa shape index (κ2) is 6.19. The van der Waals surface area contributed by atoms with Gasteiger partial charge < -0.3 is 16.2 Å². The molecule has 0 spiro atoms. The zero-order valence-electron chi connectivity index (χ0n) is 8.82. The van der Waals surface area contributed by atoms with Crippen LogP contribution in [0.3, 0.4) is 0 Å². The lowest BCUT2D eigenvalue weighted by atomic mass is 10.1. The first-order chi connectivity index (χ1) is 7.61. The molecule has 0 fully saturated rings. The van der Waals surface area contributed by atoms with Crippen molar-refractivity contribution >= 4 is 5.91 Å². The highest BCUT2D eigenvalue weighted by molar-refractivity contribution is 5.73. The summed E-state index contributed by atoms with van der Waals surface area (Å²) in [5.74, 6) is -0.848. The van der Waals surface area contributed by atoms with E-state index < -0.39 is 17.8 Å². The van der Waals surface area contributed by atoms with Gasteiger partial charge in [-0.15, -0.1) is 0 Å². The smallest absolute Gasteiger partial charge is 0.218 e. The molecule has 1 atom stereocenters. The van der Waals surface area contributed by atoms with E-state index in [2.05, 4.69) is 5.32 Å². The first kappa shape index (κ1) is 12.6. The Kier molecular flexibility index (Phi) is 4.88. The molecule has 5 heteroatoms. The van der Waals surface area contributed by atoms with Gasteiger partial charge in [-0.1, -0.05) is 18.2 Å². The number of carbonyl (C=O) groups is 1. The zero-order valence-corrected chi connectivity index (χ0v) is 8.82. The van der Waals surface area contributed by atoms with Crippen LogP contribution in [-0.2, 0) is 4.79 Å². The average molecular weight is 226 g/mol. The fraction of sp³-hybridized carbons (Fsp3) is 0.364. The molecular weight excluding hydrogens is 211 g/mol. The maximum Gasteiger partial charge on any atom is 0.218 e. The van der Waals surface area contributed by atoms with Gasteiger partial charge in [-0.05, 0) is 6.07 Å². The normalized spacial score (nSPS) is 12.4. The highest BCUT2D eigenvalue weighted by atomic mass is 19.1. The summed E-state index contributed by atoms with van der Waals surface area (Å²) in [6, 6.07) is 6.04. The van der Waals surface area contributed by atoms with E-state index in [-0.39, 0.29) is 18.5 Å². The van der Waals surface area contributed by atoms with Crippen LogP contribution < -0.4 is 11.1 Å². The number of benzene rings is 1. The SMILES string of the molecule is NC(=O)CCNCC(O)c1ccccc1F. The van der Waals surface area contributed by atoms with Crippen LogP contribution in [0, 0.1) is 5.82 Å². The van der Waals surface area contributed by atoms with Crippen molar-refractivity contribution in [2.45, 2.75) is 12.5 Å². The number of halogens is 1. The number of rotatable bonds is 6. The van der Waals surface area contributed by atoms with Crippen LogP contribution in [0.1, 0.15) is 18.1 Å². The van der Waals surface area contributed by atoms with E-state index in [1.54, 1.807) is 12.1 Å². The van der Waals surface area contributed by atoms with E-state index in [0.29, 0.717) is 6.54 Å². The number of amides is 1. The Balaban J connectivity index is 2.38. The number of hydrogen-bond donors (Lipinski definition) is 3. The minimum atomic E-state index is -0.922. The molecular formula is C11H15FN2O2. The molecule has 4 N–H and O–H groups in total. The molecule has 0 bridgehead atoms. The highest BCUT2D eigenvalue weighted by Gasteiger charge is 2.11. The predicted molar refractivity (Wildman–Crippen MR) is 58.0 cm³/mol. The molecule has 0 aliphatic carbocycles. The fourth-order valence-electron chi connectivity index (χ4n) is 1.31. The highest BCUT2D eigenvalue weighted by Crippen LogP contribution is 2.15. The van der Waals surface area contributed by atoms with E-state index in [0.717, 1.165) is 0 Å². The maximum atomic E-state index is 13.2. The number of aliphatic hydroxyl groups is 1. The van der Waals surface area contributed by atoms with E-state index in [4.69, 9.17) is 5.73 Å². The largest absolute Gasteiger partial charge is 0.387 e. The second-order valence-corrected chi connectivity index (χ2v) is 3.46. The van der Waals surface area contributed by atoms with Gasteiger partial charge in [0.2, 0.25) is 5.91 Å². The van der Waals surface area contributed by atoms with Crippen LogP contribution >= 0.6 is 0 Å². The summed E-state index contributed by atoms with van der Waals surface area (Å²) in [6.07, 6.45) is -0.724. The molecule has 0 saturated heterocycles. The van der Waals surface area contributed by atoms with Gasteiger partial charge in [-0.3, -0.25) is 4.79 Å². The number of hydrogen-bond acceptors (Lipinski definition) is 3. The molecule has 0 radical (unpaired) electrons. The van der Waals surface area contributed by atoms with Gasteiger partial charge in [0.25, 0.3) is 0 Å². The van der Waals surface area contributed by atoms with Crippen molar-refractivity contribution in [2.24, 2.45) is 5.73 Å². The summed E-state index contributed by atoms with van der Waals surface area (Å²) in [7, 11) is 0. The Morgan fingerprint density at radius 1 is 1.50 bits per heavy atom. The summed E-state index contributed by atoms with van der Waals surface area (Å²) < 4.78 is 13.2. The van der Waals surface area contributed by atoms with Crippen molar-refractivity contribution in [3.63, 3.8) is 0 Å². The predicted octanol–water partition coefficient (Wildman–Crippen LogP) is 0.324. The van der Waals surface area contributed by atoms with E-state index in [1.807, 2.05) is 0 Å². The van der Waals surface area contributed by atoms with Crippen molar-refractivity contribution in [3.05, 3.63) is 35.6 Å². The Labute approximate surface area is 93.3 Å². The summed E-state index contributed by atoms with van der Waals surface area (Å²) in [5.41, 5.74) is 5.19. The summed E-state index contributed by atoms with van der Waals surface area (Å²) >= 11 is 0. The minimum Gasteiger partial charge on any atom is -0.387 e. The summed E-state index contributed by atoms with van der Waals surface area (Å²) in [4.78, 5) is 10.4. The Bertz CT molecular complexity index is 358.